The maximum atomic E-state index is 14.0. The molecule has 0 unspecified atom stereocenters. The van der Waals surface area contributed by atoms with Gasteiger partial charge in [0.2, 0.25) is 23.6 Å². The predicted molar refractivity (Wildman–Crippen MR) is 287 cm³/mol. The molecule has 1 aliphatic heterocycles. The Labute approximate surface area is 435 Å². The van der Waals surface area contributed by atoms with Gasteiger partial charge in [-0.15, -0.1) is 21.5 Å². The Morgan fingerprint density at radius 2 is 1.47 bits per heavy atom. The lowest BCUT2D eigenvalue weighted by atomic mass is 9.85. The van der Waals surface area contributed by atoms with E-state index in [9.17, 15) is 29.4 Å². The van der Waals surface area contributed by atoms with Crippen LogP contribution in [0.3, 0.4) is 0 Å². The molecule has 0 radical (unpaired) electrons. The number of aromatic nitrogens is 3. The minimum atomic E-state index is -0.840. The molecule has 0 saturated carbocycles. The second-order valence-corrected chi connectivity index (χ2v) is 21.3. The molecule has 4 amide bonds. The van der Waals surface area contributed by atoms with E-state index >= 15 is 0 Å². The average molecular weight is 1020 g/mol. The van der Waals surface area contributed by atoms with Gasteiger partial charge in [0, 0.05) is 64.0 Å². The highest BCUT2D eigenvalue weighted by Gasteiger charge is 2.44. The van der Waals surface area contributed by atoms with Crippen LogP contribution in [0.15, 0.2) is 84.4 Å². The molecule has 6 N–H and O–H groups in total. The van der Waals surface area contributed by atoms with Crippen molar-refractivity contribution in [3.05, 3.63) is 107 Å². The summed E-state index contributed by atoms with van der Waals surface area (Å²) in [5.74, 6) is -0.0117. The molecule has 1 saturated heterocycles. The first kappa shape index (κ1) is 55.9. The number of benzene rings is 3. The number of unbranched alkanes of at least 4 members (excludes halogenated alkanes) is 10. The molecule has 16 heteroatoms. The number of thiazole rings is 1. The smallest absolute Gasteiger partial charge is 0.246 e. The molecule has 3 aromatic carbocycles. The summed E-state index contributed by atoms with van der Waals surface area (Å²) in [4.78, 5) is 62.2. The topological polar surface area (TPSA) is 213 Å². The van der Waals surface area contributed by atoms with Crippen molar-refractivity contribution in [2.45, 2.75) is 155 Å². The zero-order valence-corrected chi connectivity index (χ0v) is 44.2. The fourth-order valence-electron chi connectivity index (χ4n) is 9.13. The Morgan fingerprint density at radius 1 is 0.849 bits per heavy atom. The van der Waals surface area contributed by atoms with Crippen LogP contribution in [-0.4, -0.2) is 97.2 Å². The number of hydrogen-bond acceptors (Lipinski definition) is 12. The van der Waals surface area contributed by atoms with Crippen LogP contribution < -0.4 is 21.1 Å². The Hall–Kier alpha value is -6.39. The van der Waals surface area contributed by atoms with E-state index in [1.54, 1.807) is 40.5 Å². The third-order valence-corrected chi connectivity index (χ3v) is 14.5. The number of nitrogens with two attached hydrogens (primary N) is 1. The van der Waals surface area contributed by atoms with Crippen molar-refractivity contribution in [2.75, 3.05) is 25.9 Å². The molecule has 5 aromatic rings. The van der Waals surface area contributed by atoms with Crippen molar-refractivity contribution in [2.24, 2.45) is 5.41 Å². The van der Waals surface area contributed by atoms with Gasteiger partial charge in [-0.2, -0.15) is 0 Å². The Morgan fingerprint density at radius 3 is 2.10 bits per heavy atom. The molecule has 6 rings (SSSR count). The van der Waals surface area contributed by atoms with E-state index in [0.29, 0.717) is 49.4 Å². The van der Waals surface area contributed by atoms with Gasteiger partial charge in [-0.25, -0.2) is 4.98 Å². The molecule has 3 atom stereocenters. The predicted octanol–water partition coefficient (Wildman–Crippen LogP) is 9.32. The zero-order valence-electron chi connectivity index (χ0n) is 43.4. The summed E-state index contributed by atoms with van der Waals surface area (Å²) in [6.45, 7) is 8.94. The number of aliphatic hydroxyl groups excluding tert-OH is 1. The number of hydrogen-bond donors (Lipinski definition) is 5. The molecule has 73 heavy (non-hydrogen) atoms. The summed E-state index contributed by atoms with van der Waals surface area (Å²) < 4.78 is 5.93. The lowest BCUT2D eigenvalue weighted by molar-refractivity contribution is -0.144. The number of β-amino-alcohol motifs (C(OH)–C–C–N with tert-alkyl or cyclic N) is 1. The van der Waals surface area contributed by atoms with Gasteiger partial charge in [0.15, 0.2) is 11.6 Å². The van der Waals surface area contributed by atoms with Crippen molar-refractivity contribution in [3.63, 3.8) is 0 Å². The first-order valence-electron chi connectivity index (χ1n) is 26.0. The Balaban J connectivity index is 0.780. The van der Waals surface area contributed by atoms with E-state index in [1.807, 2.05) is 94.9 Å². The van der Waals surface area contributed by atoms with Crippen LogP contribution in [0.25, 0.3) is 21.7 Å². The number of amides is 4. The number of carbonyl (C=O) groups is 4. The number of aryl methyl sites for hydroxylation is 1. The van der Waals surface area contributed by atoms with Crippen molar-refractivity contribution < 1.29 is 34.1 Å². The highest BCUT2D eigenvalue weighted by atomic mass is 32.1. The molecule has 1 fully saturated rings. The molecule has 392 valence electrons. The summed E-state index contributed by atoms with van der Waals surface area (Å²) in [5, 5.41) is 34.8. The van der Waals surface area contributed by atoms with Crippen LogP contribution in [0, 0.1) is 12.3 Å². The SMILES string of the molecule is Cc1ncsc1-c1ccc(CNC(=O)[C@@H]2C[C@@H](O)CN2C(=O)[C@@H](NC(=O)CCCCCCCCCCCCCC(=O)N(C)Cc2ccc(CCOc3cc(-c4ccccc4O)nnc3N)cc2)C(C)(C)C)cc1. The highest BCUT2D eigenvalue weighted by Crippen LogP contribution is 2.32. The second-order valence-electron chi connectivity index (χ2n) is 20.5. The van der Waals surface area contributed by atoms with Crippen LogP contribution >= 0.6 is 11.3 Å². The number of aliphatic hydroxyl groups is 1. The molecule has 3 heterocycles. The van der Waals surface area contributed by atoms with Crippen molar-refractivity contribution in [3.8, 4) is 33.2 Å². The van der Waals surface area contributed by atoms with Gasteiger partial charge < -0.3 is 41.1 Å². The molecular formula is C57H76N8O7S. The van der Waals surface area contributed by atoms with Gasteiger partial charge in [0.25, 0.3) is 0 Å². The lowest BCUT2D eigenvalue weighted by Gasteiger charge is -2.35. The normalized spacial score (nSPS) is 15.0. The van der Waals surface area contributed by atoms with Crippen LogP contribution in [0.1, 0.15) is 133 Å². The summed E-state index contributed by atoms with van der Waals surface area (Å²) in [6.07, 6.45) is 12.4. The minimum absolute atomic E-state index is 0.0384. The highest BCUT2D eigenvalue weighted by molar-refractivity contribution is 7.13. The van der Waals surface area contributed by atoms with Crippen LogP contribution in [-0.2, 0) is 38.7 Å². The number of ether oxygens (including phenoxy) is 1. The summed E-state index contributed by atoms with van der Waals surface area (Å²) in [5.41, 5.74) is 13.4. The first-order valence-corrected chi connectivity index (χ1v) is 26.9. The Bertz CT molecular complexity index is 2560. The van der Waals surface area contributed by atoms with Gasteiger partial charge >= 0.3 is 0 Å². The van der Waals surface area contributed by atoms with E-state index in [4.69, 9.17) is 10.5 Å². The molecule has 0 spiro atoms. The number of likely N-dealkylation sites (tertiary alicyclic amines) is 1. The van der Waals surface area contributed by atoms with Crippen LogP contribution in [0.4, 0.5) is 5.82 Å². The number of nitrogen functional groups attached to an aromatic ring is 1. The molecule has 0 aliphatic carbocycles. The number of aromatic hydroxyl groups is 1. The van der Waals surface area contributed by atoms with E-state index in [-0.39, 0.29) is 54.7 Å². The number of nitrogens with zero attached hydrogens (tertiary/aromatic N) is 5. The van der Waals surface area contributed by atoms with E-state index in [1.165, 1.54) is 17.7 Å². The standard InChI is InChI=1S/C57H76N8O7S/c1-39-52(73-38-60-39)43-29-27-41(28-30-43)35-59-55(70)47-33-44(66)37-65(47)56(71)53(57(2,3)4)61-50(68)21-15-13-11-9-7-6-8-10-12-14-16-22-51(69)64(5)36-42-25-23-40(24-26-42)31-32-72-49-34-46(62-63-54(49)58)45-19-17-18-20-48(45)67/h17-20,23-30,34,38,44,47,53,66-67H,6-16,21-22,31-33,35-37H2,1-5H3,(H2,58,63)(H,59,70)(H,61,68)/t44-,47+,53-/m1/s1. The van der Waals surface area contributed by atoms with Gasteiger partial charge in [0.05, 0.1) is 28.8 Å². The van der Waals surface area contributed by atoms with Gasteiger partial charge in [-0.05, 0) is 59.6 Å². The Kier molecular flexibility index (Phi) is 21.1. The largest absolute Gasteiger partial charge is 0.507 e. The van der Waals surface area contributed by atoms with Gasteiger partial charge in [-0.3, -0.25) is 19.2 Å². The van der Waals surface area contributed by atoms with E-state index in [2.05, 4.69) is 25.8 Å². The number of rotatable bonds is 27. The number of phenols is 1. The van der Waals surface area contributed by atoms with Gasteiger partial charge in [0.1, 0.15) is 23.5 Å². The maximum Gasteiger partial charge on any atom is 0.246 e. The summed E-state index contributed by atoms with van der Waals surface area (Å²) in [7, 11) is 1.86. The minimum Gasteiger partial charge on any atom is -0.507 e. The van der Waals surface area contributed by atoms with Crippen molar-refractivity contribution >= 4 is 40.8 Å². The molecule has 15 nitrogen and oxygen atoms in total. The van der Waals surface area contributed by atoms with Gasteiger partial charge in [-0.1, -0.05) is 139 Å². The summed E-state index contributed by atoms with van der Waals surface area (Å²) in [6, 6.07) is 23.0. The lowest BCUT2D eigenvalue weighted by Crippen LogP contribution is -2.57. The maximum absolute atomic E-state index is 14.0. The van der Waals surface area contributed by atoms with Crippen LogP contribution in [0.2, 0.25) is 0 Å². The fourth-order valence-corrected chi connectivity index (χ4v) is 9.94. The number of phenolic OH excluding ortho intramolecular Hbond substituents is 1. The van der Waals surface area contributed by atoms with E-state index < -0.39 is 23.6 Å². The molecule has 0 bridgehead atoms. The number of para-hydroxylation sites is 1. The average Bonchev–Trinajstić information content (AvgIpc) is 3.99. The van der Waals surface area contributed by atoms with Crippen molar-refractivity contribution in [1.29, 1.82) is 0 Å². The summed E-state index contributed by atoms with van der Waals surface area (Å²) >= 11 is 1.59. The molecule has 1 aliphatic rings. The number of anilines is 1. The first-order chi connectivity index (χ1) is 35.1. The molecule has 2 aromatic heterocycles. The monoisotopic (exact) mass is 1020 g/mol. The second kappa shape index (κ2) is 27.6. The third kappa shape index (κ3) is 17.1. The zero-order chi connectivity index (χ0) is 52.3. The molecular weight excluding hydrogens is 941 g/mol. The van der Waals surface area contributed by atoms with E-state index in [0.717, 1.165) is 90.6 Å². The third-order valence-electron chi connectivity index (χ3n) is 13.5. The quantitative estimate of drug-likeness (QED) is 0.0313. The van der Waals surface area contributed by atoms with Crippen LogP contribution in [0.5, 0.6) is 11.5 Å². The van der Waals surface area contributed by atoms with Crippen molar-refractivity contribution in [1.82, 2.24) is 35.6 Å². The number of carbonyl (C=O) groups excluding carboxylic acids is 4. The fraction of sp³-hybridized carbons (Fsp3) is 0.491. The number of nitrogens with one attached hydrogen (secondary N) is 2.